The van der Waals surface area contributed by atoms with Crippen molar-refractivity contribution in [2.75, 3.05) is 6.61 Å². The molecule has 2 aromatic heterocycles. The molecule has 0 aliphatic heterocycles. The van der Waals surface area contributed by atoms with Crippen molar-refractivity contribution >= 4 is 17.7 Å². The van der Waals surface area contributed by atoms with Crippen LogP contribution in [-0.4, -0.2) is 38.1 Å². The molecule has 1 aromatic carbocycles. The van der Waals surface area contributed by atoms with E-state index in [4.69, 9.17) is 4.74 Å². The Labute approximate surface area is 169 Å². The average molecular weight is 395 g/mol. The van der Waals surface area contributed by atoms with Crippen molar-refractivity contribution in [3.63, 3.8) is 0 Å². The number of carbonyl (C=O) groups is 2. The summed E-state index contributed by atoms with van der Waals surface area (Å²) in [5, 5.41) is 6.96. The van der Waals surface area contributed by atoms with Gasteiger partial charge in [0, 0.05) is 17.0 Å². The number of aromatic nitrogens is 4. The van der Waals surface area contributed by atoms with Gasteiger partial charge in [0.1, 0.15) is 6.33 Å². The molecule has 0 aliphatic carbocycles. The van der Waals surface area contributed by atoms with Gasteiger partial charge in [-0.15, -0.1) is 0 Å². The van der Waals surface area contributed by atoms with Gasteiger partial charge in [-0.3, -0.25) is 9.59 Å². The minimum absolute atomic E-state index is 0.0143. The summed E-state index contributed by atoms with van der Waals surface area (Å²) in [4.78, 5) is 32.8. The fraction of sp³-hybridized carbons (Fsp3) is 0.381. The molecule has 0 saturated heterocycles. The summed E-state index contributed by atoms with van der Waals surface area (Å²) >= 11 is 0. The van der Waals surface area contributed by atoms with E-state index in [0.29, 0.717) is 11.5 Å². The molecule has 0 spiro atoms. The van der Waals surface area contributed by atoms with Crippen LogP contribution in [0.25, 0.3) is 5.78 Å². The number of amides is 1. The lowest BCUT2D eigenvalue weighted by atomic mass is 10.0. The molecule has 3 rings (SSSR count). The second kappa shape index (κ2) is 8.38. The number of esters is 1. The number of aryl methyl sites for hydroxylation is 4. The highest BCUT2D eigenvalue weighted by Crippen LogP contribution is 2.17. The van der Waals surface area contributed by atoms with E-state index in [2.05, 4.69) is 20.4 Å². The molecule has 0 aliphatic rings. The minimum Gasteiger partial charge on any atom is -0.455 e. The Balaban J connectivity index is 1.56. The summed E-state index contributed by atoms with van der Waals surface area (Å²) in [5.41, 5.74) is 5.55. The van der Waals surface area contributed by atoms with E-state index < -0.39 is 5.97 Å². The number of carbonyl (C=O) groups excluding carboxylic acids is 2. The molecule has 8 heteroatoms. The number of fused-ring (bicyclic) bond motifs is 1. The molecule has 152 valence electrons. The first-order chi connectivity index (χ1) is 13.8. The first kappa shape index (κ1) is 20.4. The molecule has 1 atom stereocenters. The average Bonchev–Trinajstić information content (AvgIpc) is 3.14. The molecule has 2 heterocycles. The van der Waals surface area contributed by atoms with E-state index in [9.17, 15) is 9.59 Å². The van der Waals surface area contributed by atoms with Gasteiger partial charge in [-0.2, -0.15) is 10.1 Å². The van der Waals surface area contributed by atoms with Crippen molar-refractivity contribution in [2.45, 2.75) is 47.1 Å². The molecule has 0 bridgehead atoms. The third kappa shape index (κ3) is 4.59. The van der Waals surface area contributed by atoms with Gasteiger partial charge in [0.25, 0.3) is 11.7 Å². The maximum absolute atomic E-state index is 12.3. The van der Waals surface area contributed by atoms with Gasteiger partial charge in [0.15, 0.2) is 6.61 Å². The smallest absolute Gasteiger partial charge is 0.310 e. The quantitative estimate of drug-likeness (QED) is 0.643. The molecule has 0 saturated carbocycles. The summed E-state index contributed by atoms with van der Waals surface area (Å²) in [6.45, 7) is 9.30. The topological polar surface area (TPSA) is 98.5 Å². The molecule has 0 unspecified atom stereocenters. The zero-order valence-electron chi connectivity index (χ0n) is 17.3. The fourth-order valence-electron chi connectivity index (χ4n) is 3.15. The fourth-order valence-corrected chi connectivity index (χ4v) is 3.15. The molecule has 1 amide bonds. The van der Waals surface area contributed by atoms with Crippen LogP contribution in [0.5, 0.6) is 0 Å². The number of rotatable bonds is 6. The third-order valence-electron chi connectivity index (χ3n) is 5.08. The Kier molecular flexibility index (Phi) is 5.91. The van der Waals surface area contributed by atoms with E-state index in [1.165, 1.54) is 17.5 Å². The first-order valence-electron chi connectivity index (χ1n) is 9.44. The van der Waals surface area contributed by atoms with Gasteiger partial charge in [0.2, 0.25) is 0 Å². The highest BCUT2D eigenvalue weighted by atomic mass is 16.5. The van der Waals surface area contributed by atoms with Crippen LogP contribution in [0.15, 0.2) is 24.5 Å². The van der Waals surface area contributed by atoms with Crippen LogP contribution >= 0.6 is 0 Å². The third-order valence-corrected chi connectivity index (χ3v) is 5.08. The molecule has 1 N–H and O–H groups in total. The molecule has 0 radical (unpaired) electrons. The van der Waals surface area contributed by atoms with Gasteiger partial charge >= 0.3 is 5.97 Å². The summed E-state index contributed by atoms with van der Waals surface area (Å²) < 4.78 is 6.74. The lowest BCUT2D eigenvalue weighted by Gasteiger charge is -2.16. The van der Waals surface area contributed by atoms with E-state index in [1.54, 1.807) is 4.52 Å². The summed E-state index contributed by atoms with van der Waals surface area (Å²) in [6, 6.07) is 5.88. The van der Waals surface area contributed by atoms with Crippen LogP contribution in [0.3, 0.4) is 0 Å². The van der Waals surface area contributed by atoms with Crippen LogP contribution in [0.1, 0.15) is 46.6 Å². The van der Waals surface area contributed by atoms with Crippen LogP contribution in [0.4, 0.5) is 0 Å². The Hall–Kier alpha value is -3.29. The Bertz CT molecular complexity index is 1070. The standard InChI is InChI=1S/C21H25N5O3/c1-12-6-7-17(8-13(12)2)14(3)24-19(27)10-29-20(28)9-18-15(4)25-21-22-11-23-26(21)16(18)5/h6-8,11,14H,9-10H2,1-5H3,(H,24,27)/t14-/m0/s1. The zero-order valence-corrected chi connectivity index (χ0v) is 17.3. The maximum Gasteiger partial charge on any atom is 0.310 e. The van der Waals surface area contributed by atoms with E-state index in [1.807, 2.05) is 52.8 Å². The van der Waals surface area contributed by atoms with Crippen LogP contribution in [0, 0.1) is 27.7 Å². The Morgan fingerprint density at radius 3 is 2.66 bits per heavy atom. The minimum atomic E-state index is -0.494. The van der Waals surface area contributed by atoms with Crippen molar-refractivity contribution in [3.05, 3.63) is 58.2 Å². The largest absolute Gasteiger partial charge is 0.455 e. The predicted octanol–water partition coefficient (Wildman–Crippen LogP) is 2.32. The molecular weight excluding hydrogens is 370 g/mol. The maximum atomic E-state index is 12.3. The van der Waals surface area contributed by atoms with Crippen LogP contribution < -0.4 is 5.32 Å². The normalized spacial score (nSPS) is 12.0. The Morgan fingerprint density at radius 1 is 1.17 bits per heavy atom. The molecule has 29 heavy (non-hydrogen) atoms. The van der Waals surface area contributed by atoms with Crippen molar-refractivity contribution in [3.8, 4) is 0 Å². The highest BCUT2D eigenvalue weighted by Gasteiger charge is 2.17. The van der Waals surface area contributed by atoms with Gasteiger partial charge in [-0.25, -0.2) is 9.50 Å². The van der Waals surface area contributed by atoms with Gasteiger partial charge in [-0.1, -0.05) is 18.2 Å². The SMILES string of the molecule is Cc1ccc([C@H](C)NC(=O)COC(=O)Cc2c(C)nc3ncnn3c2C)cc1C. The number of benzene rings is 1. The second-order valence-corrected chi connectivity index (χ2v) is 7.20. The van der Waals surface area contributed by atoms with Crippen molar-refractivity contribution < 1.29 is 14.3 Å². The summed E-state index contributed by atoms with van der Waals surface area (Å²) in [7, 11) is 0. The number of hydrogen-bond acceptors (Lipinski definition) is 6. The number of nitrogens with zero attached hydrogens (tertiary/aromatic N) is 4. The van der Waals surface area contributed by atoms with E-state index >= 15 is 0 Å². The molecule has 8 nitrogen and oxygen atoms in total. The Morgan fingerprint density at radius 2 is 1.93 bits per heavy atom. The van der Waals surface area contributed by atoms with Crippen molar-refractivity contribution in [2.24, 2.45) is 0 Å². The molecule has 3 aromatic rings. The summed E-state index contributed by atoms with van der Waals surface area (Å²) in [6.07, 6.45) is 1.43. The van der Waals surface area contributed by atoms with Gasteiger partial charge < -0.3 is 10.1 Å². The zero-order chi connectivity index (χ0) is 21.1. The monoisotopic (exact) mass is 395 g/mol. The molecular formula is C21H25N5O3. The number of ether oxygens (including phenoxy) is 1. The van der Waals surface area contributed by atoms with Gasteiger partial charge in [-0.05, 0) is 51.3 Å². The lowest BCUT2D eigenvalue weighted by Crippen LogP contribution is -2.31. The highest BCUT2D eigenvalue weighted by molar-refractivity contribution is 5.81. The number of hydrogen-bond donors (Lipinski definition) is 1. The number of nitrogens with one attached hydrogen (secondary N) is 1. The summed E-state index contributed by atoms with van der Waals surface area (Å²) in [5.74, 6) is -0.356. The van der Waals surface area contributed by atoms with Gasteiger partial charge in [0.05, 0.1) is 12.5 Å². The molecule has 0 fully saturated rings. The first-order valence-corrected chi connectivity index (χ1v) is 9.44. The second-order valence-electron chi connectivity index (χ2n) is 7.20. The van der Waals surface area contributed by atoms with Crippen molar-refractivity contribution in [1.29, 1.82) is 0 Å². The van der Waals surface area contributed by atoms with Crippen molar-refractivity contribution in [1.82, 2.24) is 24.9 Å². The van der Waals surface area contributed by atoms with E-state index in [-0.39, 0.29) is 25.0 Å². The van der Waals surface area contributed by atoms with E-state index in [0.717, 1.165) is 16.8 Å². The lowest BCUT2D eigenvalue weighted by molar-refractivity contribution is -0.148. The predicted molar refractivity (Wildman–Crippen MR) is 107 cm³/mol. The van der Waals surface area contributed by atoms with Crippen LogP contribution in [-0.2, 0) is 20.7 Å². The van der Waals surface area contributed by atoms with Crippen LogP contribution in [0.2, 0.25) is 0 Å².